The maximum Gasteiger partial charge on any atom is 0.331 e. The molecule has 0 saturated carbocycles. The topological polar surface area (TPSA) is 113 Å². The maximum absolute atomic E-state index is 12.2. The molecule has 22 heavy (non-hydrogen) atoms. The number of aliphatic carboxylic acids is 1. The molecule has 1 amide bonds. The van der Waals surface area contributed by atoms with Crippen LogP contribution in [0.4, 0.5) is 0 Å². The molecule has 1 atom stereocenters. The fourth-order valence-corrected chi connectivity index (χ4v) is 3.52. The molecule has 1 fully saturated rings. The van der Waals surface area contributed by atoms with Gasteiger partial charge < -0.3 is 15.2 Å². The van der Waals surface area contributed by atoms with E-state index in [-0.39, 0.29) is 37.3 Å². The van der Waals surface area contributed by atoms with Gasteiger partial charge in [0, 0.05) is 26.1 Å². The van der Waals surface area contributed by atoms with Crippen LogP contribution in [0.1, 0.15) is 26.7 Å². The first-order valence-corrected chi connectivity index (χ1v) is 8.79. The van der Waals surface area contributed by atoms with Gasteiger partial charge in [-0.2, -0.15) is 0 Å². The number of carboxylic acids is 1. The smallest absolute Gasteiger partial charge is 0.331 e. The molecule has 1 rings (SSSR count). The van der Waals surface area contributed by atoms with Crippen molar-refractivity contribution in [2.24, 2.45) is 5.92 Å². The van der Waals surface area contributed by atoms with Gasteiger partial charge in [-0.05, 0) is 26.7 Å². The van der Waals surface area contributed by atoms with Crippen LogP contribution < -0.4 is 5.32 Å². The second kappa shape index (κ2) is 7.38. The molecule has 0 aromatic rings. The molecular weight excluding hydrogens is 312 g/mol. The Bertz CT molecular complexity index is 513. The molecule has 8 nitrogen and oxygen atoms in total. The van der Waals surface area contributed by atoms with Crippen LogP contribution in [0.3, 0.4) is 0 Å². The van der Waals surface area contributed by atoms with E-state index < -0.39 is 21.5 Å². The number of hydrogen-bond acceptors (Lipinski definition) is 5. The lowest BCUT2D eigenvalue weighted by molar-refractivity contribution is -0.150. The summed E-state index contributed by atoms with van der Waals surface area (Å²) >= 11 is 0. The molecule has 2 N–H and O–H groups in total. The van der Waals surface area contributed by atoms with E-state index in [0.29, 0.717) is 12.8 Å². The Hall–Kier alpha value is -1.19. The van der Waals surface area contributed by atoms with Crippen LogP contribution in [0.15, 0.2) is 0 Å². The van der Waals surface area contributed by atoms with Gasteiger partial charge in [0.15, 0.2) is 5.54 Å². The Morgan fingerprint density at radius 3 is 2.32 bits per heavy atom. The van der Waals surface area contributed by atoms with Gasteiger partial charge in [-0.1, -0.05) is 0 Å². The van der Waals surface area contributed by atoms with Gasteiger partial charge in [-0.15, -0.1) is 0 Å². The number of amides is 1. The number of carbonyl (C=O) groups excluding carboxylic acids is 1. The molecule has 128 valence electrons. The molecule has 1 unspecified atom stereocenters. The van der Waals surface area contributed by atoms with Gasteiger partial charge in [0.05, 0.1) is 12.4 Å². The molecule has 0 spiro atoms. The zero-order chi connectivity index (χ0) is 17.0. The number of piperidine rings is 1. The minimum atomic E-state index is -3.24. The highest BCUT2D eigenvalue weighted by Crippen LogP contribution is 2.21. The molecule has 0 aromatic heterocycles. The second-order valence-corrected chi connectivity index (χ2v) is 7.89. The van der Waals surface area contributed by atoms with E-state index in [1.807, 2.05) is 0 Å². The normalized spacial score (nSPS) is 20.3. The van der Waals surface area contributed by atoms with Gasteiger partial charge in [0.2, 0.25) is 15.9 Å². The van der Waals surface area contributed by atoms with Gasteiger partial charge in [-0.3, -0.25) is 4.79 Å². The van der Waals surface area contributed by atoms with Crippen LogP contribution in [-0.4, -0.2) is 67.8 Å². The van der Waals surface area contributed by atoms with Crippen molar-refractivity contribution in [3.05, 3.63) is 0 Å². The number of carboxylic acid groups (broad SMARTS) is 1. The third-order valence-corrected chi connectivity index (χ3v) is 5.77. The minimum absolute atomic E-state index is 0.0365. The lowest BCUT2D eigenvalue weighted by atomic mass is 9.95. The van der Waals surface area contributed by atoms with Gasteiger partial charge >= 0.3 is 5.97 Å². The first kappa shape index (κ1) is 18.9. The van der Waals surface area contributed by atoms with Crippen molar-refractivity contribution < 1.29 is 27.9 Å². The largest absolute Gasteiger partial charge is 0.479 e. The van der Waals surface area contributed by atoms with Gasteiger partial charge in [0.25, 0.3) is 0 Å². The summed E-state index contributed by atoms with van der Waals surface area (Å²) in [6, 6.07) is 0. The third-order valence-electron chi connectivity index (χ3n) is 3.89. The number of hydrogen-bond donors (Lipinski definition) is 2. The van der Waals surface area contributed by atoms with Crippen LogP contribution in [0, 0.1) is 5.92 Å². The van der Waals surface area contributed by atoms with Crippen LogP contribution in [0.2, 0.25) is 0 Å². The van der Waals surface area contributed by atoms with Crippen molar-refractivity contribution in [2.45, 2.75) is 32.2 Å². The minimum Gasteiger partial charge on any atom is -0.479 e. The monoisotopic (exact) mass is 336 g/mol. The third kappa shape index (κ3) is 4.40. The molecule has 0 aliphatic carbocycles. The molecule has 9 heteroatoms. The fourth-order valence-electron chi connectivity index (χ4n) is 2.39. The highest BCUT2D eigenvalue weighted by Gasteiger charge is 2.38. The molecular formula is C13H24N2O6S. The molecule has 1 aliphatic rings. The SMILES string of the molecule is CCS(=O)(=O)N1CCC(C(=O)NC(C)(COC)C(=O)O)CC1. The van der Waals surface area contributed by atoms with E-state index in [4.69, 9.17) is 4.74 Å². The van der Waals surface area contributed by atoms with Crippen molar-refractivity contribution in [1.82, 2.24) is 9.62 Å². The standard InChI is InChI=1S/C13H24N2O6S/c1-4-22(19,20)15-7-5-10(6-8-15)11(16)14-13(2,9-21-3)12(17)18/h10H,4-9H2,1-3H3,(H,14,16)(H,17,18). The predicted molar refractivity (Wildman–Crippen MR) is 79.8 cm³/mol. The Labute approximate surface area is 130 Å². The summed E-state index contributed by atoms with van der Waals surface area (Å²) in [6.45, 7) is 3.38. The number of ether oxygens (including phenoxy) is 1. The average molecular weight is 336 g/mol. The Morgan fingerprint density at radius 1 is 1.36 bits per heavy atom. The predicted octanol–water partition coefficient (Wildman–Crippen LogP) is -0.346. The lowest BCUT2D eigenvalue weighted by Gasteiger charge is -2.32. The summed E-state index contributed by atoms with van der Waals surface area (Å²) in [5, 5.41) is 11.7. The maximum atomic E-state index is 12.2. The number of sulfonamides is 1. The molecule has 1 heterocycles. The summed E-state index contributed by atoms with van der Waals surface area (Å²) in [4.78, 5) is 23.5. The van der Waals surface area contributed by atoms with Gasteiger partial charge in [0.1, 0.15) is 0 Å². The lowest BCUT2D eigenvalue weighted by Crippen LogP contribution is -2.57. The summed E-state index contributed by atoms with van der Waals surface area (Å²) in [5.74, 6) is -1.91. The van der Waals surface area contributed by atoms with E-state index >= 15 is 0 Å². The van der Waals surface area contributed by atoms with E-state index in [9.17, 15) is 23.1 Å². The summed E-state index contributed by atoms with van der Waals surface area (Å²) in [7, 11) is -1.88. The number of carbonyl (C=O) groups is 2. The molecule has 0 aromatic carbocycles. The molecule has 1 aliphatic heterocycles. The summed E-state index contributed by atoms with van der Waals surface area (Å²) < 4.78 is 29.8. The molecule has 0 bridgehead atoms. The van der Waals surface area contributed by atoms with E-state index in [1.54, 1.807) is 6.92 Å². The quantitative estimate of drug-likeness (QED) is 0.657. The van der Waals surface area contributed by atoms with Crippen molar-refractivity contribution >= 4 is 21.9 Å². The van der Waals surface area contributed by atoms with E-state index in [2.05, 4.69) is 5.32 Å². The van der Waals surface area contributed by atoms with Crippen molar-refractivity contribution in [1.29, 1.82) is 0 Å². The zero-order valence-corrected chi connectivity index (χ0v) is 14.0. The van der Waals surface area contributed by atoms with Crippen molar-refractivity contribution in [2.75, 3.05) is 32.6 Å². The number of nitrogens with one attached hydrogen (secondary N) is 1. The van der Waals surface area contributed by atoms with Crippen LogP contribution in [0.5, 0.6) is 0 Å². The van der Waals surface area contributed by atoms with E-state index in [0.717, 1.165) is 0 Å². The second-order valence-electron chi connectivity index (χ2n) is 5.63. The Morgan fingerprint density at radius 2 is 1.91 bits per heavy atom. The fraction of sp³-hybridized carbons (Fsp3) is 0.846. The van der Waals surface area contributed by atoms with Gasteiger partial charge in [-0.25, -0.2) is 17.5 Å². The number of rotatable bonds is 7. The Kier molecular flexibility index (Phi) is 6.33. The van der Waals surface area contributed by atoms with Crippen molar-refractivity contribution in [3.8, 4) is 0 Å². The zero-order valence-electron chi connectivity index (χ0n) is 13.2. The molecule has 1 saturated heterocycles. The van der Waals surface area contributed by atoms with Crippen LogP contribution in [-0.2, 0) is 24.3 Å². The van der Waals surface area contributed by atoms with Crippen molar-refractivity contribution in [3.63, 3.8) is 0 Å². The average Bonchev–Trinajstić information content (AvgIpc) is 2.47. The van der Waals surface area contributed by atoms with Crippen LogP contribution >= 0.6 is 0 Å². The molecule has 0 radical (unpaired) electrons. The number of nitrogens with zero attached hydrogens (tertiary/aromatic N) is 1. The highest BCUT2D eigenvalue weighted by molar-refractivity contribution is 7.89. The summed E-state index contributed by atoms with van der Waals surface area (Å²) in [5.41, 5.74) is -1.49. The highest BCUT2D eigenvalue weighted by atomic mass is 32.2. The number of methoxy groups -OCH3 is 1. The Balaban J connectivity index is 2.64. The van der Waals surface area contributed by atoms with E-state index in [1.165, 1.54) is 18.3 Å². The summed E-state index contributed by atoms with van der Waals surface area (Å²) in [6.07, 6.45) is 0.765. The first-order chi connectivity index (χ1) is 10.2. The van der Waals surface area contributed by atoms with Crippen LogP contribution in [0.25, 0.3) is 0 Å². The first-order valence-electron chi connectivity index (χ1n) is 7.18.